The fraction of sp³-hybridized carbons (Fsp3) is 0.879. The molecule has 0 aromatic rings. The smallest absolute Gasteiger partial charge is 0.306 e. The van der Waals surface area contributed by atoms with Crippen molar-refractivity contribution in [3.63, 3.8) is 0 Å². The molecule has 0 aliphatic carbocycles. The molecule has 224 valence electrons. The maximum absolute atomic E-state index is 12.1. The number of hydrogen-bond donors (Lipinski definition) is 1. The van der Waals surface area contributed by atoms with Crippen LogP contribution in [0.1, 0.15) is 168 Å². The summed E-state index contributed by atoms with van der Waals surface area (Å²) in [7, 11) is 0. The Morgan fingerprint density at radius 3 is 1.42 bits per heavy atom. The summed E-state index contributed by atoms with van der Waals surface area (Å²) in [4.78, 5) is 24.0. The zero-order valence-corrected chi connectivity index (χ0v) is 25.2. The van der Waals surface area contributed by atoms with E-state index in [-0.39, 0.29) is 25.2 Å². The second kappa shape index (κ2) is 30.2. The van der Waals surface area contributed by atoms with Crippen molar-refractivity contribution in [2.75, 3.05) is 13.2 Å². The molecule has 0 aromatic heterocycles. The monoisotopic (exact) mass is 538 g/mol. The number of hydrogen-bond acceptors (Lipinski definition) is 5. The highest BCUT2D eigenvalue weighted by molar-refractivity contribution is 5.70. The lowest BCUT2D eigenvalue weighted by molar-refractivity contribution is -0.161. The average molecular weight is 539 g/mol. The van der Waals surface area contributed by atoms with Gasteiger partial charge in [-0.2, -0.15) is 0 Å². The summed E-state index contributed by atoms with van der Waals surface area (Å²) >= 11 is 0. The van der Waals surface area contributed by atoms with Gasteiger partial charge in [0.05, 0.1) is 6.61 Å². The van der Waals surface area contributed by atoms with Crippen molar-refractivity contribution in [1.29, 1.82) is 0 Å². The molecule has 38 heavy (non-hydrogen) atoms. The van der Waals surface area contributed by atoms with Gasteiger partial charge in [-0.1, -0.05) is 129 Å². The highest BCUT2D eigenvalue weighted by atomic mass is 16.6. The molecule has 0 fully saturated rings. The molecular weight excluding hydrogens is 476 g/mol. The molecule has 0 rings (SSSR count). The largest absolute Gasteiger partial charge is 0.462 e. The normalized spacial score (nSPS) is 12.2. The highest BCUT2D eigenvalue weighted by Crippen LogP contribution is 2.12. The first-order valence-corrected chi connectivity index (χ1v) is 16.2. The number of carbonyl (C=O) groups is 2. The molecule has 0 saturated carbocycles. The van der Waals surface area contributed by atoms with E-state index in [0.717, 1.165) is 44.9 Å². The molecule has 5 heteroatoms. The van der Waals surface area contributed by atoms with Crippen LogP contribution in [0.15, 0.2) is 12.2 Å². The van der Waals surface area contributed by atoms with E-state index in [1.54, 1.807) is 0 Å². The van der Waals surface area contributed by atoms with Gasteiger partial charge in [-0.25, -0.2) is 0 Å². The van der Waals surface area contributed by atoms with Gasteiger partial charge >= 0.3 is 11.9 Å². The van der Waals surface area contributed by atoms with Crippen LogP contribution in [0.4, 0.5) is 0 Å². The Morgan fingerprint density at radius 1 is 0.579 bits per heavy atom. The van der Waals surface area contributed by atoms with Gasteiger partial charge in [0.2, 0.25) is 0 Å². The van der Waals surface area contributed by atoms with Crippen LogP contribution >= 0.6 is 0 Å². The van der Waals surface area contributed by atoms with Gasteiger partial charge in [0.25, 0.3) is 0 Å². The van der Waals surface area contributed by atoms with E-state index < -0.39 is 6.10 Å². The van der Waals surface area contributed by atoms with Crippen LogP contribution in [0.5, 0.6) is 0 Å². The van der Waals surface area contributed by atoms with Crippen LogP contribution < -0.4 is 0 Å². The Morgan fingerprint density at radius 2 is 0.974 bits per heavy atom. The maximum Gasteiger partial charge on any atom is 0.306 e. The van der Waals surface area contributed by atoms with Crippen molar-refractivity contribution >= 4 is 11.9 Å². The topological polar surface area (TPSA) is 72.8 Å². The molecule has 1 N–H and O–H groups in total. The number of esters is 2. The molecule has 5 nitrogen and oxygen atoms in total. The van der Waals surface area contributed by atoms with Crippen LogP contribution in [0, 0.1) is 0 Å². The second-order valence-corrected chi connectivity index (χ2v) is 10.9. The number of ether oxygens (including phenoxy) is 2. The van der Waals surface area contributed by atoms with Crippen molar-refractivity contribution in [2.45, 2.75) is 174 Å². The van der Waals surface area contributed by atoms with Crippen molar-refractivity contribution in [1.82, 2.24) is 0 Å². The molecule has 0 unspecified atom stereocenters. The lowest BCUT2D eigenvalue weighted by Gasteiger charge is -2.15. The third-order valence-electron chi connectivity index (χ3n) is 7.06. The number of carbonyl (C=O) groups excluding carboxylic acids is 2. The Bertz CT molecular complexity index is 546. The molecule has 0 aliphatic rings. The molecule has 0 saturated heterocycles. The van der Waals surface area contributed by atoms with Crippen molar-refractivity contribution in [3.8, 4) is 0 Å². The predicted molar refractivity (Wildman–Crippen MR) is 159 cm³/mol. The Labute approximate surface area is 235 Å². The summed E-state index contributed by atoms with van der Waals surface area (Å²) in [6, 6.07) is 0. The summed E-state index contributed by atoms with van der Waals surface area (Å²) < 4.78 is 10.5. The second-order valence-electron chi connectivity index (χ2n) is 10.9. The van der Waals surface area contributed by atoms with Crippen LogP contribution in [-0.4, -0.2) is 36.4 Å². The Balaban J connectivity index is 3.58. The molecule has 0 heterocycles. The van der Waals surface area contributed by atoms with Gasteiger partial charge < -0.3 is 14.6 Å². The van der Waals surface area contributed by atoms with E-state index in [1.807, 2.05) is 0 Å². The zero-order valence-electron chi connectivity index (χ0n) is 25.2. The minimum Gasteiger partial charge on any atom is -0.462 e. The molecule has 0 spiro atoms. The van der Waals surface area contributed by atoms with Crippen molar-refractivity contribution in [3.05, 3.63) is 12.2 Å². The fourth-order valence-corrected chi connectivity index (χ4v) is 4.55. The molecule has 0 radical (unpaired) electrons. The van der Waals surface area contributed by atoms with Gasteiger partial charge in [0.15, 0.2) is 6.10 Å². The van der Waals surface area contributed by atoms with Crippen LogP contribution in [0.3, 0.4) is 0 Å². The van der Waals surface area contributed by atoms with E-state index in [9.17, 15) is 14.7 Å². The van der Waals surface area contributed by atoms with Crippen LogP contribution in [0.25, 0.3) is 0 Å². The van der Waals surface area contributed by atoms with Crippen LogP contribution in [-0.2, 0) is 19.1 Å². The lowest BCUT2D eigenvalue weighted by atomic mass is 10.1. The average Bonchev–Trinajstić information content (AvgIpc) is 2.92. The fourth-order valence-electron chi connectivity index (χ4n) is 4.55. The molecule has 0 aliphatic heterocycles. The SMILES string of the molecule is CCCCCCCC/C=C\CCCCCCCC(=O)O[C@H](CO)COC(=O)CCCCCCCCCCC. The first-order chi connectivity index (χ1) is 18.6. The van der Waals surface area contributed by atoms with E-state index in [0.29, 0.717) is 12.8 Å². The Kier molecular flexibility index (Phi) is 29.1. The van der Waals surface area contributed by atoms with Crippen molar-refractivity contribution < 1.29 is 24.2 Å². The third-order valence-corrected chi connectivity index (χ3v) is 7.06. The van der Waals surface area contributed by atoms with Gasteiger partial charge in [-0.3, -0.25) is 9.59 Å². The number of allylic oxidation sites excluding steroid dienone is 2. The van der Waals surface area contributed by atoms with Gasteiger partial charge in [-0.05, 0) is 38.5 Å². The number of rotatable bonds is 29. The van der Waals surface area contributed by atoms with Gasteiger partial charge in [-0.15, -0.1) is 0 Å². The molecule has 0 aromatic carbocycles. The number of aliphatic hydroxyl groups is 1. The Hall–Kier alpha value is -1.36. The molecule has 0 bridgehead atoms. The molecule has 0 amide bonds. The summed E-state index contributed by atoms with van der Waals surface area (Å²) in [6.07, 6.45) is 31.2. The molecule has 1 atom stereocenters. The minimum absolute atomic E-state index is 0.0646. The van der Waals surface area contributed by atoms with E-state index in [4.69, 9.17) is 9.47 Å². The van der Waals surface area contributed by atoms with Crippen LogP contribution in [0.2, 0.25) is 0 Å². The highest BCUT2D eigenvalue weighted by Gasteiger charge is 2.16. The lowest BCUT2D eigenvalue weighted by Crippen LogP contribution is -2.28. The number of unbranched alkanes of at least 4 members (excludes halogenated alkanes) is 19. The van der Waals surface area contributed by atoms with E-state index in [1.165, 1.54) is 96.3 Å². The zero-order chi connectivity index (χ0) is 27.9. The maximum atomic E-state index is 12.1. The number of aliphatic hydroxyl groups excluding tert-OH is 1. The summed E-state index contributed by atoms with van der Waals surface area (Å²) in [6.45, 7) is 4.09. The van der Waals surface area contributed by atoms with Gasteiger partial charge in [0, 0.05) is 12.8 Å². The summed E-state index contributed by atoms with van der Waals surface area (Å²) in [5.74, 6) is -0.601. The summed E-state index contributed by atoms with van der Waals surface area (Å²) in [5.41, 5.74) is 0. The first-order valence-electron chi connectivity index (χ1n) is 16.2. The van der Waals surface area contributed by atoms with E-state index >= 15 is 0 Å². The predicted octanol–water partition coefficient (Wildman–Crippen LogP) is 9.39. The first kappa shape index (κ1) is 36.6. The quantitative estimate of drug-likeness (QED) is 0.0583. The minimum atomic E-state index is -0.766. The molecular formula is C33H62O5. The van der Waals surface area contributed by atoms with Crippen molar-refractivity contribution in [2.24, 2.45) is 0 Å². The summed E-state index contributed by atoms with van der Waals surface area (Å²) in [5, 5.41) is 9.47. The van der Waals surface area contributed by atoms with E-state index in [2.05, 4.69) is 26.0 Å². The standard InChI is InChI=1S/C33H62O5/c1-3-5-7-9-11-13-14-15-16-17-18-20-22-24-26-28-33(36)38-31(29-34)30-37-32(35)27-25-23-21-19-12-10-8-6-4-2/h15-16,31,34H,3-14,17-30H2,1-2H3/b16-15-/t31-/m1/s1. The third kappa shape index (κ3) is 27.7. The van der Waals surface area contributed by atoms with Gasteiger partial charge in [0.1, 0.15) is 6.61 Å².